The molecule has 1 aliphatic carbocycles. The number of fused-ring (bicyclic) bond motifs is 1. The molecule has 0 aliphatic heterocycles. The van der Waals surface area contributed by atoms with Crippen LogP contribution >= 0.6 is 11.3 Å². The molecule has 2 aromatic rings. The van der Waals surface area contributed by atoms with Gasteiger partial charge in [-0.3, -0.25) is 10.2 Å². The Morgan fingerprint density at radius 1 is 1.30 bits per heavy atom. The predicted octanol–water partition coefficient (Wildman–Crippen LogP) is 3.84. The normalized spacial score (nSPS) is 20.5. The Kier molecular flexibility index (Phi) is 3.30. The maximum Gasteiger partial charge on any atom is 0.204 e. The zero-order chi connectivity index (χ0) is 14.2. The fourth-order valence-electron chi connectivity index (χ4n) is 2.63. The summed E-state index contributed by atoms with van der Waals surface area (Å²) < 4.78 is 1.13. The topological polar surface area (TPSA) is 54.4 Å². The molecule has 3 rings (SSSR count). The molecule has 104 valence electrons. The van der Waals surface area contributed by atoms with Crippen molar-refractivity contribution in [3.63, 3.8) is 0 Å². The van der Waals surface area contributed by atoms with Gasteiger partial charge in [-0.1, -0.05) is 37.3 Å². The van der Waals surface area contributed by atoms with Crippen molar-refractivity contribution < 1.29 is 4.79 Å². The van der Waals surface area contributed by atoms with E-state index >= 15 is 0 Å². The van der Waals surface area contributed by atoms with Crippen LogP contribution in [-0.4, -0.2) is 16.5 Å². The third kappa shape index (κ3) is 2.88. The Bertz CT molecular complexity index is 654. The maximum atomic E-state index is 11.7. The second-order valence-electron chi connectivity index (χ2n) is 6.01. The van der Waals surface area contributed by atoms with Crippen LogP contribution in [-0.2, 0) is 4.79 Å². The second-order valence-corrected chi connectivity index (χ2v) is 7.04. The number of ketones is 1. The molecular formula is C15H17N3OS. The number of rotatable bonds is 2. The molecule has 0 atom stereocenters. The van der Waals surface area contributed by atoms with Crippen LogP contribution in [0.25, 0.3) is 10.2 Å². The number of hydrazone groups is 1. The van der Waals surface area contributed by atoms with E-state index in [0.717, 1.165) is 27.5 Å². The fourth-order valence-corrected chi connectivity index (χ4v) is 3.44. The van der Waals surface area contributed by atoms with Gasteiger partial charge in [0.1, 0.15) is 5.78 Å². The molecule has 20 heavy (non-hydrogen) atoms. The highest BCUT2D eigenvalue weighted by Gasteiger charge is 2.30. The molecule has 0 unspecified atom stereocenters. The molecule has 1 fully saturated rings. The molecule has 1 saturated carbocycles. The molecule has 0 radical (unpaired) electrons. The number of anilines is 1. The highest BCUT2D eigenvalue weighted by molar-refractivity contribution is 7.22. The van der Waals surface area contributed by atoms with Crippen molar-refractivity contribution in [2.75, 3.05) is 5.43 Å². The van der Waals surface area contributed by atoms with Crippen molar-refractivity contribution in [2.45, 2.75) is 33.1 Å². The van der Waals surface area contributed by atoms with Crippen molar-refractivity contribution in [3.05, 3.63) is 24.3 Å². The number of carbonyl (C=O) groups is 1. The number of Topliss-reactive ketones (excluding diaryl/α,β-unsaturated/α-hetero) is 1. The van der Waals surface area contributed by atoms with Crippen LogP contribution in [0.3, 0.4) is 0 Å². The molecule has 1 heterocycles. The summed E-state index contributed by atoms with van der Waals surface area (Å²) in [6, 6.07) is 7.99. The number of hydrogen-bond acceptors (Lipinski definition) is 5. The minimum Gasteiger partial charge on any atom is -0.299 e. The molecule has 1 N–H and O–H groups in total. The van der Waals surface area contributed by atoms with Crippen LogP contribution in [0.15, 0.2) is 29.4 Å². The summed E-state index contributed by atoms with van der Waals surface area (Å²) in [5.41, 5.74) is 4.92. The standard InChI is InChI=1S/C15H17N3OS/c1-15(2)8-10(7-11(19)9-15)17-18-14-16-12-5-3-4-6-13(12)20-14/h3-6H,7-9H2,1-2H3,(H,16,18)/b17-10+. The fraction of sp³-hybridized carbons (Fsp3) is 0.400. The van der Waals surface area contributed by atoms with Crippen LogP contribution < -0.4 is 5.43 Å². The number of carbonyl (C=O) groups excluding carboxylic acids is 1. The van der Waals surface area contributed by atoms with E-state index in [1.54, 1.807) is 11.3 Å². The van der Waals surface area contributed by atoms with Crippen molar-refractivity contribution in [3.8, 4) is 0 Å². The monoisotopic (exact) mass is 287 g/mol. The van der Waals surface area contributed by atoms with Crippen molar-refractivity contribution >= 4 is 38.2 Å². The SMILES string of the molecule is CC1(C)CC(=O)C/C(=N\Nc2nc3ccccc3s2)C1. The number of benzene rings is 1. The predicted molar refractivity (Wildman–Crippen MR) is 83.3 cm³/mol. The lowest BCUT2D eigenvalue weighted by Gasteiger charge is -2.28. The molecule has 1 aliphatic rings. The third-order valence-electron chi connectivity index (χ3n) is 3.36. The molecule has 5 heteroatoms. The van der Waals surface area contributed by atoms with E-state index in [9.17, 15) is 4.79 Å². The van der Waals surface area contributed by atoms with Gasteiger partial charge < -0.3 is 0 Å². The third-order valence-corrected chi connectivity index (χ3v) is 4.30. The Morgan fingerprint density at radius 3 is 2.85 bits per heavy atom. The van der Waals surface area contributed by atoms with E-state index in [1.807, 2.05) is 24.3 Å². The van der Waals surface area contributed by atoms with Gasteiger partial charge in [0, 0.05) is 18.6 Å². The minimum absolute atomic E-state index is 0.0173. The summed E-state index contributed by atoms with van der Waals surface area (Å²) in [6.07, 6.45) is 1.96. The van der Waals surface area contributed by atoms with Crippen LogP contribution in [0, 0.1) is 5.41 Å². The molecule has 4 nitrogen and oxygen atoms in total. The molecule has 0 saturated heterocycles. The van der Waals surface area contributed by atoms with Gasteiger partial charge in [-0.15, -0.1) is 0 Å². The number of nitrogens with one attached hydrogen (secondary N) is 1. The highest BCUT2D eigenvalue weighted by atomic mass is 32.1. The van der Waals surface area contributed by atoms with Gasteiger partial charge in [0.25, 0.3) is 0 Å². The van der Waals surface area contributed by atoms with Crippen LogP contribution in [0.2, 0.25) is 0 Å². The average molecular weight is 287 g/mol. The van der Waals surface area contributed by atoms with Gasteiger partial charge in [-0.2, -0.15) is 5.10 Å². The lowest BCUT2D eigenvalue weighted by atomic mass is 9.76. The highest BCUT2D eigenvalue weighted by Crippen LogP contribution is 2.32. The van der Waals surface area contributed by atoms with Crippen molar-refractivity contribution in [2.24, 2.45) is 10.5 Å². The lowest BCUT2D eigenvalue weighted by molar-refractivity contribution is -0.120. The summed E-state index contributed by atoms with van der Waals surface area (Å²) in [4.78, 5) is 16.2. The first kappa shape index (κ1) is 13.2. The van der Waals surface area contributed by atoms with Gasteiger partial charge in [0.15, 0.2) is 0 Å². The molecule has 0 bridgehead atoms. The quantitative estimate of drug-likeness (QED) is 0.854. The lowest BCUT2D eigenvalue weighted by Crippen LogP contribution is -2.29. The Morgan fingerprint density at radius 2 is 2.10 bits per heavy atom. The minimum atomic E-state index is 0.0173. The summed E-state index contributed by atoms with van der Waals surface area (Å²) in [6.45, 7) is 4.22. The molecule has 0 amide bonds. The van der Waals surface area contributed by atoms with Gasteiger partial charge >= 0.3 is 0 Å². The molecule has 1 aromatic heterocycles. The first-order valence-corrected chi connectivity index (χ1v) is 7.52. The molecule has 1 aromatic carbocycles. The van der Waals surface area contributed by atoms with E-state index in [1.165, 1.54) is 0 Å². The molecule has 0 spiro atoms. The Hall–Kier alpha value is -1.75. The van der Waals surface area contributed by atoms with Crippen LogP contribution in [0.4, 0.5) is 5.13 Å². The van der Waals surface area contributed by atoms with Gasteiger partial charge in [-0.05, 0) is 24.0 Å². The number of thiazole rings is 1. The summed E-state index contributed by atoms with van der Waals surface area (Å²) in [5, 5.41) is 5.16. The number of hydrogen-bond donors (Lipinski definition) is 1. The summed E-state index contributed by atoms with van der Waals surface area (Å²) in [7, 11) is 0. The smallest absolute Gasteiger partial charge is 0.204 e. The van der Waals surface area contributed by atoms with E-state index in [-0.39, 0.29) is 11.2 Å². The summed E-state index contributed by atoms with van der Waals surface area (Å²) >= 11 is 1.57. The molecular weight excluding hydrogens is 270 g/mol. The largest absolute Gasteiger partial charge is 0.299 e. The zero-order valence-corrected chi connectivity index (χ0v) is 12.5. The van der Waals surface area contributed by atoms with E-state index in [0.29, 0.717) is 12.8 Å². The van der Waals surface area contributed by atoms with E-state index in [2.05, 4.69) is 29.4 Å². The van der Waals surface area contributed by atoms with Crippen molar-refractivity contribution in [1.29, 1.82) is 0 Å². The van der Waals surface area contributed by atoms with Crippen LogP contribution in [0.5, 0.6) is 0 Å². The second kappa shape index (κ2) is 4.98. The van der Waals surface area contributed by atoms with Gasteiger partial charge in [-0.25, -0.2) is 4.98 Å². The maximum absolute atomic E-state index is 11.7. The van der Waals surface area contributed by atoms with E-state index in [4.69, 9.17) is 0 Å². The number of para-hydroxylation sites is 1. The Balaban J connectivity index is 1.77. The first-order chi connectivity index (χ1) is 9.52. The first-order valence-electron chi connectivity index (χ1n) is 6.71. The van der Waals surface area contributed by atoms with E-state index < -0.39 is 0 Å². The van der Waals surface area contributed by atoms with Crippen LogP contribution in [0.1, 0.15) is 33.1 Å². The number of nitrogens with zero attached hydrogens (tertiary/aromatic N) is 2. The van der Waals surface area contributed by atoms with Crippen molar-refractivity contribution in [1.82, 2.24) is 4.98 Å². The van der Waals surface area contributed by atoms with Gasteiger partial charge in [0.05, 0.1) is 10.2 Å². The summed E-state index contributed by atoms with van der Waals surface area (Å²) in [5.74, 6) is 0.270. The number of aromatic nitrogens is 1. The van der Waals surface area contributed by atoms with Gasteiger partial charge in [0.2, 0.25) is 5.13 Å². The zero-order valence-electron chi connectivity index (χ0n) is 11.6. The average Bonchev–Trinajstić information content (AvgIpc) is 2.76. The Labute approximate surface area is 121 Å².